The molecule has 0 unspecified atom stereocenters. The second-order valence-corrected chi connectivity index (χ2v) is 15.1. The molecule has 0 radical (unpaired) electrons. The molecule has 0 amide bonds. The molecule has 0 aromatic heterocycles. The Hall–Kier alpha value is -2.44. The third kappa shape index (κ3) is 6.55. The fourth-order valence-electron chi connectivity index (χ4n) is 3.80. The highest BCUT2D eigenvalue weighted by Gasteiger charge is 2.42. The van der Waals surface area contributed by atoms with Gasteiger partial charge >= 0.3 is 5.97 Å². The molecule has 6 heteroatoms. The second kappa shape index (κ2) is 10.2. The summed E-state index contributed by atoms with van der Waals surface area (Å²) in [6.45, 7) is 12.1. The summed E-state index contributed by atoms with van der Waals surface area (Å²) in [5.74, 6) is 0.189. The molecule has 0 aliphatic carbocycles. The maximum absolute atomic E-state index is 12.3. The molecule has 1 aliphatic rings. The van der Waals surface area contributed by atoms with E-state index in [4.69, 9.17) is 13.9 Å². The smallest absolute Gasteiger partial charge is 0.314 e. The average molecular weight is 469 g/mol. The molecule has 1 heterocycles. The highest BCUT2D eigenvalue weighted by molar-refractivity contribution is 6.74. The maximum Gasteiger partial charge on any atom is 0.314 e. The summed E-state index contributed by atoms with van der Waals surface area (Å²) in [6, 6.07) is 17.6. The number of Topliss-reactive ketones (excluding diaryl/α,β-unsaturated/α-hetero) is 1. The number of ketones is 1. The lowest BCUT2D eigenvalue weighted by atomic mass is 9.81. The van der Waals surface area contributed by atoms with Crippen LogP contribution in [0.4, 0.5) is 0 Å². The van der Waals surface area contributed by atoms with Gasteiger partial charge in [0.15, 0.2) is 8.32 Å². The van der Waals surface area contributed by atoms with Crippen LogP contribution in [0.25, 0.3) is 0 Å². The van der Waals surface area contributed by atoms with Crippen molar-refractivity contribution in [3.05, 3.63) is 65.7 Å². The van der Waals surface area contributed by atoms with Gasteiger partial charge in [-0.15, -0.1) is 0 Å². The fourth-order valence-corrected chi connectivity index (χ4v) is 4.82. The van der Waals surface area contributed by atoms with E-state index in [0.29, 0.717) is 26.1 Å². The first-order chi connectivity index (χ1) is 15.5. The van der Waals surface area contributed by atoms with Crippen molar-refractivity contribution in [1.82, 2.24) is 0 Å². The highest BCUT2D eigenvalue weighted by atomic mass is 28.4. The molecule has 178 valence electrons. The van der Waals surface area contributed by atoms with Gasteiger partial charge in [-0.05, 0) is 54.2 Å². The molecule has 5 nitrogen and oxygen atoms in total. The van der Waals surface area contributed by atoms with Crippen LogP contribution < -0.4 is 4.74 Å². The number of benzene rings is 2. The van der Waals surface area contributed by atoms with Gasteiger partial charge in [-0.1, -0.05) is 63.2 Å². The SMILES string of the molecule is CC(C)(C)[Si](C)(C)OCCOc1ccc([C@]2(CCc3ccccc3)CC(=O)CC(=O)O2)cc1. The standard InChI is InChI=1S/C27H36O5Si/c1-26(2,3)33(4,5)31-18-17-30-24-13-11-22(12-14-24)27(20-23(28)19-25(29)32-27)16-15-21-9-7-6-8-10-21/h6-14H,15-20H2,1-5H3/t27-/m0/s1. The summed E-state index contributed by atoms with van der Waals surface area (Å²) < 4.78 is 17.9. The van der Waals surface area contributed by atoms with Gasteiger partial charge in [-0.25, -0.2) is 0 Å². The first kappa shape index (κ1) is 25.2. The lowest BCUT2D eigenvalue weighted by Gasteiger charge is -2.37. The number of aryl methyl sites for hydroxylation is 1. The van der Waals surface area contributed by atoms with Crippen LogP contribution in [0.5, 0.6) is 5.75 Å². The van der Waals surface area contributed by atoms with Crippen molar-refractivity contribution in [2.24, 2.45) is 0 Å². The first-order valence-corrected chi connectivity index (χ1v) is 14.6. The molecule has 33 heavy (non-hydrogen) atoms. The first-order valence-electron chi connectivity index (χ1n) is 11.7. The van der Waals surface area contributed by atoms with Crippen LogP contribution in [-0.2, 0) is 30.8 Å². The molecule has 1 saturated heterocycles. The molecular weight excluding hydrogens is 432 g/mol. The Labute approximate surface area is 198 Å². The topological polar surface area (TPSA) is 61.8 Å². The summed E-state index contributed by atoms with van der Waals surface area (Å²) in [4.78, 5) is 24.5. The van der Waals surface area contributed by atoms with E-state index in [9.17, 15) is 9.59 Å². The number of hydrogen-bond donors (Lipinski definition) is 0. The van der Waals surface area contributed by atoms with Gasteiger partial charge in [0, 0.05) is 0 Å². The number of carbonyl (C=O) groups is 2. The number of hydrogen-bond acceptors (Lipinski definition) is 5. The van der Waals surface area contributed by atoms with Crippen molar-refractivity contribution in [2.45, 2.75) is 70.2 Å². The monoisotopic (exact) mass is 468 g/mol. The van der Waals surface area contributed by atoms with E-state index < -0.39 is 19.9 Å². The van der Waals surface area contributed by atoms with Gasteiger partial charge in [-0.3, -0.25) is 9.59 Å². The zero-order chi connectivity index (χ0) is 24.1. The van der Waals surface area contributed by atoms with E-state index in [1.165, 1.54) is 0 Å². The number of carbonyl (C=O) groups excluding carboxylic acids is 2. The van der Waals surface area contributed by atoms with Gasteiger partial charge < -0.3 is 13.9 Å². The van der Waals surface area contributed by atoms with Crippen LogP contribution in [0, 0.1) is 0 Å². The van der Waals surface area contributed by atoms with Gasteiger partial charge in [0.25, 0.3) is 0 Å². The summed E-state index contributed by atoms with van der Waals surface area (Å²) in [5.41, 5.74) is 1.03. The van der Waals surface area contributed by atoms with Crippen LogP contribution in [0.1, 0.15) is 51.2 Å². The van der Waals surface area contributed by atoms with E-state index >= 15 is 0 Å². The molecule has 2 aromatic rings. The van der Waals surface area contributed by atoms with Crippen molar-refractivity contribution in [2.75, 3.05) is 13.2 Å². The quantitative estimate of drug-likeness (QED) is 0.201. The normalized spacial score (nSPS) is 19.3. The maximum atomic E-state index is 12.3. The van der Waals surface area contributed by atoms with E-state index in [1.54, 1.807) is 0 Å². The lowest BCUT2D eigenvalue weighted by molar-refractivity contribution is -0.172. The number of rotatable bonds is 9. The van der Waals surface area contributed by atoms with Gasteiger partial charge in [0.1, 0.15) is 30.2 Å². The molecule has 2 aromatic carbocycles. The van der Waals surface area contributed by atoms with Gasteiger partial charge in [-0.2, -0.15) is 0 Å². The van der Waals surface area contributed by atoms with E-state index in [1.807, 2.05) is 54.6 Å². The minimum Gasteiger partial charge on any atom is -0.491 e. The second-order valence-electron chi connectivity index (χ2n) is 10.3. The molecule has 0 saturated carbocycles. The average Bonchev–Trinajstić information content (AvgIpc) is 2.75. The van der Waals surface area contributed by atoms with Gasteiger partial charge in [0.2, 0.25) is 0 Å². The van der Waals surface area contributed by atoms with Crippen molar-refractivity contribution < 1.29 is 23.5 Å². The molecule has 3 rings (SSSR count). The largest absolute Gasteiger partial charge is 0.491 e. The van der Waals surface area contributed by atoms with Crippen molar-refractivity contribution >= 4 is 20.1 Å². The highest BCUT2D eigenvalue weighted by Crippen LogP contribution is 2.39. The predicted molar refractivity (Wildman–Crippen MR) is 132 cm³/mol. The zero-order valence-electron chi connectivity index (χ0n) is 20.5. The van der Waals surface area contributed by atoms with E-state index in [0.717, 1.165) is 16.9 Å². The number of esters is 1. The van der Waals surface area contributed by atoms with Crippen molar-refractivity contribution in [3.8, 4) is 5.75 Å². The Morgan fingerprint density at radius 1 is 0.970 bits per heavy atom. The van der Waals surface area contributed by atoms with Gasteiger partial charge in [0.05, 0.1) is 13.0 Å². The molecule has 1 fully saturated rings. The van der Waals surface area contributed by atoms with Crippen molar-refractivity contribution in [3.63, 3.8) is 0 Å². The Balaban J connectivity index is 1.67. The van der Waals surface area contributed by atoms with Crippen LogP contribution in [0.3, 0.4) is 0 Å². The number of ether oxygens (including phenoxy) is 2. The lowest BCUT2D eigenvalue weighted by Crippen LogP contribution is -2.41. The Kier molecular flexibility index (Phi) is 7.80. The summed E-state index contributed by atoms with van der Waals surface area (Å²) in [7, 11) is -1.80. The minimum atomic E-state index is -1.80. The molecule has 0 bridgehead atoms. The number of cyclic esters (lactones) is 1. The Morgan fingerprint density at radius 3 is 2.24 bits per heavy atom. The Bertz CT molecular complexity index is 929. The molecular formula is C27H36O5Si. The fraction of sp³-hybridized carbons (Fsp3) is 0.481. The minimum absolute atomic E-state index is 0.0811. The molecule has 0 N–H and O–H groups in total. The van der Waals surface area contributed by atoms with Crippen LogP contribution >= 0.6 is 0 Å². The van der Waals surface area contributed by atoms with E-state index in [-0.39, 0.29) is 23.7 Å². The van der Waals surface area contributed by atoms with Crippen LogP contribution in [0.15, 0.2) is 54.6 Å². The van der Waals surface area contributed by atoms with E-state index in [2.05, 4.69) is 33.9 Å². The van der Waals surface area contributed by atoms with Crippen LogP contribution in [0.2, 0.25) is 18.1 Å². The third-order valence-corrected chi connectivity index (χ3v) is 11.3. The summed E-state index contributed by atoms with van der Waals surface area (Å²) in [6.07, 6.45) is 1.31. The predicted octanol–water partition coefficient (Wildman–Crippen LogP) is 5.82. The molecule has 1 atom stereocenters. The zero-order valence-corrected chi connectivity index (χ0v) is 21.5. The summed E-state index contributed by atoms with van der Waals surface area (Å²) in [5, 5.41) is 0.164. The van der Waals surface area contributed by atoms with Crippen LogP contribution in [-0.4, -0.2) is 33.3 Å². The molecule has 1 aliphatic heterocycles. The third-order valence-electron chi connectivity index (χ3n) is 6.80. The Morgan fingerprint density at radius 2 is 1.64 bits per heavy atom. The van der Waals surface area contributed by atoms with Crippen molar-refractivity contribution in [1.29, 1.82) is 0 Å². The summed E-state index contributed by atoms with van der Waals surface area (Å²) >= 11 is 0. The molecule has 0 spiro atoms.